The van der Waals surface area contributed by atoms with Gasteiger partial charge in [0.05, 0.1) is 0 Å². The predicted octanol–water partition coefficient (Wildman–Crippen LogP) is 9.34. The fraction of sp³-hybridized carbons (Fsp3) is 0.481. The van der Waals surface area contributed by atoms with Crippen molar-refractivity contribution >= 4 is 5.57 Å². The molecule has 0 N–H and O–H groups in total. The molecular weight excluding hydrogens is 324 g/mol. The largest absolute Gasteiger partial charge is 0.0955 e. The van der Waals surface area contributed by atoms with Crippen molar-refractivity contribution in [2.75, 3.05) is 0 Å². The van der Waals surface area contributed by atoms with E-state index in [0.717, 1.165) is 11.1 Å². The highest BCUT2D eigenvalue weighted by Crippen LogP contribution is 2.23. The van der Waals surface area contributed by atoms with Crippen LogP contribution in [0, 0.1) is 12.8 Å². The van der Waals surface area contributed by atoms with Crippen molar-refractivity contribution in [1.29, 1.82) is 0 Å². The number of aryl methyl sites for hydroxylation is 1. The van der Waals surface area contributed by atoms with Crippen molar-refractivity contribution in [3.8, 4) is 0 Å². The summed E-state index contributed by atoms with van der Waals surface area (Å²) >= 11 is 0. The van der Waals surface area contributed by atoms with Crippen molar-refractivity contribution < 1.29 is 0 Å². The van der Waals surface area contributed by atoms with Gasteiger partial charge in [0.15, 0.2) is 0 Å². The summed E-state index contributed by atoms with van der Waals surface area (Å²) in [5.74, 6) is 0.603. The SMILES string of the molecule is C=C(C)C(=C)/C=C(\C)C(C)C.CC.CCC/C(C)=C(\C)c1ccccc1C. The molecule has 0 aromatic heterocycles. The normalized spacial score (nSPS) is 11.6. The first kappa shape index (κ1) is 27.4. The van der Waals surface area contributed by atoms with Crippen LogP contribution in [0.2, 0.25) is 0 Å². The first-order chi connectivity index (χ1) is 12.6. The van der Waals surface area contributed by atoms with E-state index in [4.69, 9.17) is 0 Å². The quantitative estimate of drug-likeness (QED) is 0.439. The Kier molecular flexibility index (Phi) is 15.5. The number of rotatable bonds is 6. The van der Waals surface area contributed by atoms with E-state index in [9.17, 15) is 0 Å². The van der Waals surface area contributed by atoms with Gasteiger partial charge in [-0.3, -0.25) is 0 Å². The topological polar surface area (TPSA) is 0 Å². The fourth-order valence-electron chi connectivity index (χ4n) is 2.35. The lowest BCUT2D eigenvalue weighted by Crippen LogP contribution is -1.89. The molecule has 0 saturated heterocycles. The van der Waals surface area contributed by atoms with Crippen LogP contribution in [0.25, 0.3) is 5.57 Å². The maximum atomic E-state index is 3.90. The number of hydrogen-bond acceptors (Lipinski definition) is 0. The highest BCUT2D eigenvalue weighted by Gasteiger charge is 2.02. The number of allylic oxidation sites excluding steroid dienone is 6. The molecule has 0 nitrogen and oxygen atoms in total. The van der Waals surface area contributed by atoms with E-state index in [1.54, 1.807) is 0 Å². The molecule has 0 unspecified atom stereocenters. The minimum atomic E-state index is 0.603. The Bertz CT molecular complexity index is 636. The van der Waals surface area contributed by atoms with Gasteiger partial charge in [-0.05, 0) is 69.2 Å². The third-order valence-electron chi connectivity index (χ3n) is 4.68. The van der Waals surface area contributed by atoms with Gasteiger partial charge >= 0.3 is 0 Å². The van der Waals surface area contributed by atoms with Crippen molar-refractivity contribution in [3.63, 3.8) is 0 Å². The molecule has 1 aromatic rings. The highest BCUT2D eigenvalue weighted by atomic mass is 14.1. The molecule has 0 saturated carbocycles. The molecular formula is C27H44. The van der Waals surface area contributed by atoms with Gasteiger partial charge in [-0.1, -0.05) is 101 Å². The third-order valence-corrected chi connectivity index (χ3v) is 4.68. The van der Waals surface area contributed by atoms with E-state index >= 15 is 0 Å². The molecule has 0 heteroatoms. The van der Waals surface area contributed by atoms with Crippen LogP contribution in [-0.4, -0.2) is 0 Å². The average Bonchev–Trinajstić information content (AvgIpc) is 2.63. The van der Waals surface area contributed by atoms with E-state index in [0.29, 0.717) is 5.92 Å². The highest BCUT2D eigenvalue weighted by molar-refractivity contribution is 5.68. The number of benzene rings is 1. The summed E-state index contributed by atoms with van der Waals surface area (Å²) in [6, 6.07) is 8.61. The Labute approximate surface area is 170 Å². The van der Waals surface area contributed by atoms with Crippen LogP contribution in [0.1, 0.15) is 86.3 Å². The molecule has 0 aliphatic carbocycles. The van der Waals surface area contributed by atoms with Crippen molar-refractivity contribution in [2.45, 2.75) is 82.1 Å². The van der Waals surface area contributed by atoms with Crippen LogP contribution < -0.4 is 0 Å². The van der Waals surface area contributed by atoms with Crippen LogP contribution in [0.4, 0.5) is 0 Å². The summed E-state index contributed by atoms with van der Waals surface area (Å²) in [6.07, 6.45) is 4.54. The maximum absolute atomic E-state index is 3.90. The molecule has 0 fully saturated rings. The lowest BCUT2D eigenvalue weighted by atomic mass is 9.96. The predicted molar refractivity (Wildman–Crippen MR) is 128 cm³/mol. The van der Waals surface area contributed by atoms with Gasteiger partial charge in [-0.25, -0.2) is 0 Å². The smallest absolute Gasteiger partial charge is 0.0199 e. The molecule has 0 aliphatic heterocycles. The minimum Gasteiger partial charge on any atom is -0.0955 e. The van der Waals surface area contributed by atoms with Crippen molar-refractivity contribution in [3.05, 3.63) is 76.9 Å². The molecule has 0 aliphatic rings. The lowest BCUT2D eigenvalue weighted by Gasteiger charge is -2.09. The monoisotopic (exact) mass is 368 g/mol. The summed E-state index contributed by atoms with van der Waals surface area (Å²) in [6.45, 7) is 29.1. The maximum Gasteiger partial charge on any atom is -0.0199 e. The van der Waals surface area contributed by atoms with Crippen LogP contribution in [0.15, 0.2) is 65.8 Å². The summed E-state index contributed by atoms with van der Waals surface area (Å²) < 4.78 is 0. The van der Waals surface area contributed by atoms with Gasteiger partial charge in [-0.15, -0.1) is 0 Å². The van der Waals surface area contributed by atoms with Gasteiger partial charge in [-0.2, -0.15) is 0 Å². The van der Waals surface area contributed by atoms with Crippen molar-refractivity contribution in [1.82, 2.24) is 0 Å². The molecule has 27 heavy (non-hydrogen) atoms. The second-order valence-electron chi connectivity index (χ2n) is 7.32. The zero-order valence-corrected chi connectivity index (χ0v) is 19.8. The zero-order valence-electron chi connectivity index (χ0n) is 19.8. The second-order valence-corrected chi connectivity index (χ2v) is 7.32. The average molecular weight is 369 g/mol. The Morgan fingerprint density at radius 1 is 1.00 bits per heavy atom. The van der Waals surface area contributed by atoms with Crippen LogP contribution in [0.5, 0.6) is 0 Å². The Balaban J connectivity index is 0. The number of hydrogen-bond donors (Lipinski definition) is 0. The molecule has 0 heterocycles. The third kappa shape index (κ3) is 11.5. The summed E-state index contributed by atoms with van der Waals surface area (Å²) in [7, 11) is 0. The van der Waals surface area contributed by atoms with Gasteiger partial charge < -0.3 is 0 Å². The summed E-state index contributed by atoms with van der Waals surface area (Å²) in [5.41, 5.74) is 9.19. The van der Waals surface area contributed by atoms with Gasteiger partial charge in [0.1, 0.15) is 0 Å². The van der Waals surface area contributed by atoms with Gasteiger partial charge in [0.2, 0.25) is 0 Å². The Morgan fingerprint density at radius 3 is 1.93 bits per heavy atom. The zero-order chi connectivity index (χ0) is 21.6. The van der Waals surface area contributed by atoms with Crippen LogP contribution in [-0.2, 0) is 0 Å². The fourth-order valence-corrected chi connectivity index (χ4v) is 2.35. The standard InChI is InChI=1S/C14H20.C11H18.C2H6/c1-5-8-11(2)13(4)14-10-7-6-9-12(14)3;1-8(2)10(5)7-11(6)9(3)4;1-2/h6-7,9-10H,5,8H2,1-4H3;7,9H,1,5H2,2-4,6H3;1-2H3/b13-11+;11-7+;. The lowest BCUT2D eigenvalue weighted by molar-refractivity contribution is 0.768. The van der Waals surface area contributed by atoms with E-state index in [-0.39, 0.29) is 0 Å². The van der Waals surface area contributed by atoms with E-state index < -0.39 is 0 Å². The van der Waals surface area contributed by atoms with Gasteiger partial charge in [0.25, 0.3) is 0 Å². The first-order valence-corrected chi connectivity index (χ1v) is 10.4. The van der Waals surface area contributed by atoms with Crippen LogP contribution in [0.3, 0.4) is 0 Å². The molecule has 1 aromatic carbocycles. The molecule has 0 bridgehead atoms. The molecule has 1 rings (SSSR count). The summed E-state index contributed by atoms with van der Waals surface area (Å²) in [4.78, 5) is 0. The minimum absolute atomic E-state index is 0.603. The molecule has 152 valence electrons. The molecule has 0 amide bonds. The second kappa shape index (κ2) is 15.3. The first-order valence-electron chi connectivity index (χ1n) is 10.4. The Hall–Kier alpha value is -1.82. The van der Waals surface area contributed by atoms with Crippen LogP contribution >= 0.6 is 0 Å². The Morgan fingerprint density at radius 2 is 1.52 bits per heavy atom. The van der Waals surface area contributed by atoms with Crippen molar-refractivity contribution in [2.24, 2.45) is 5.92 Å². The van der Waals surface area contributed by atoms with E-state index in [2.05, 4.69) is 92.0 Å². The van der Waals surface area contributed by atoms with E-state index in [1.165, 1.54) is 40.7 Å². The van der Waals surface area contributed by atoms with Gasteiger partial charge in [0, 0.05) is 0 Å². The molecule has 0 radical (unpaired) electrons. The molecule has 0 atom stereocenters. The molecule has 0 spiro atoms. The van der Waals surface area contributed by atoms with E-state index in [1.807, 2.05) is 20.8 Å². The summed E-state index contributed by atoms with van der Waals surface area (Å²) in [5, 5.41) is 0.